The van der Waals surface area contributed by atoms with Crippen molar-refractivity contribution in [2.75, 3.05) is 21.3 Å². The summed E-state index contributed by atoms with van der Waals surface area (Å²) in [5.74, 6) is 0.410. The van der Waals surface area contributed by atoms with Gasteiger partial charge in [-0.1, -0.05) is 24.9 Å². The Morgan fingerprint density at radius 1 is 1.21 bits per heavy atom. The summed E-state index contributed by atoms with van der Waals surface area (Å²) >= 11 is 6.18. The van der Waals surface area contributed by atoms with Crippen LogP contribution in [0, 0.1) is 0 Å². The maximum absolute atomic E-state index is 12.1. The molecule has 24 heavy (non-hydrogen) atoms. The topological polar surface area (TPSA) is 62.6 Å². The molecule has 0 aliphatic rings. The Morgan fingerprint density at radius 2 is 1.92 bits per heavy atom. The number of hydrogen-bond donors (Lipinski definition) is 0. The number of esters is 1. The number of ether oxygens (including phenoxy) is 3. The van der Waals surface area contributed by atoms with Crippen molar-refractivity contribution >= 4 is 17.6 Å². The number of aryl methyl sites for hydroxylation is 1. The van der Waals surface area contributed by atoms with Crippen LogP contribution in [0.4, 0.5) is 0 Å². The van der Waals surface area contributed by atoms with Crippen molar-refractivity contribution in [3.63, 3.8) is 0 Å². The maximum atomic E-state index is 12.1. The summed E-state index contributed by atoms with van der Waals surface area (Å²) in [5.41, 5.74) is 1.67. The van der Waals surface area contributed by atoms with Crippen LogP contribution >= 0.6 is 11.6 Å². The van der Waals surface area contributed by atoms with E-state index < -0.39 is 5.97 Å². The number of hydrogen-bond acceptors (Lipinski definition) is 5. The highest BCUT2D eigenvalue weighted by Crippen LogP contribution is 2.43. The van der Waals surface area contributed by atoms with Crippen molar-refractivity contribution in [1.29, 1.82) is 0 Å². The van der Waals surface area contributed by atoms with Crippen LogP contribution in [0.1, 0.15) is 30.1 Å². The number of halogens is 1. The van der Waals surface area contributed by atoms with Gasteiger partial charge in [0.2, 0.25) is 0 Å². The van der Waals surface area contributed by atoms with Gasteiger partial charge in [-0.15, -0.1) is 0 Å². The lowest BCUT2D eigenvalue weighted by molar-refractivity contribution is 0.0601. The van der Waals surface area contributed by atoms with Crippen LogP contribution in [0.5, 0.6) is 11.5 Å². The fraction of sp³-hybridized carbons (Fsp3) is 0.412. The number of carbonyl (C=O) groups is 1. The minimum atomic E-state index is -0.455. The molecule has 2 rings (SSSR count). The van der Waals surface area contributed by atoms with Crippen molar-refractivity contribution in [2.45, 2.75) is 26.3 Å². The molecule has 0 fully saturated rings. The van der Waals surface area contributed by atoms with Crippen LogP contribution in [-0.2, 0) is 11.3 Å². The van der Waals surface area contributed by atoms with Gasteiger partial charge in [-0.25, -0.2) is 4.79 Å². The van der Waals surface area contributed by atoms with Crippen molar-refractivity contribution in [1.82, 2.24) is 9.78 Å². The van der Waals surface area contributed by atoms with Gasteiger partial charge in [-0.2, -0.15) is 5.10 Å². The maximum Gasteiger partial charge on any atom is 0.341 e. The Bertz CT molecular complexity index is 728. The molecule has 0 radical (unpaired) electrons. The fourth-order valence-electron chi connectivity index (χ4n) is 2.52. The van der Waals surface area contributed by atoms with Crippen molar-refractivity contribution in [3.8, 4) is 22.8 Å². The fourth-order valence-corrected chi connectivity index (χ4v) is 2.75. The third-order valence-electron chi connectivity index (χ3n) is 3.70. The lowest BCUT2D eigenvalue weighted by Gasteiger charge is -2.16. The summed E-state index contributed by atoms with van der Waals surface area (Å²) in [7, 11) is 4.39. The molecule has 7 heteroatoms. The minimum absolute atomic E-state index is 0.372. The van der Waals surface area contributed by atoms with Crippen molar-refractivity contribution < 1.29 is 19.0 Å². The molecule has 0 aliphatic heterocycles. The molecule has 0 atom stereocenters. The molecule has 0 bridgehead atoms. The Labute approximate surface area is 146 Å². The molecule has 0 spiro atoms. The second-order valence-corrected chi connectivity index (χ2v) is 5.54. The SMILES string of the molecule is CCCCn1ncc(C(=O)OC)c1-c1ccc(Cl)c(OC)c1OC. The summed E-state index contributed by atoms with van der Waals surface area (Å²) in [6.07, 6.45) is 3.45. The van der Waals surface area contributed by atoms with E-state index in [1.165, 1.54) is 27.5 Å². The van der Waals surface area contributed by atoms with Crippen LogP contribution in [-0.4, -0.2) is 37.1 Å². The first-order chi connectivity index (χ1) is 11.6. The lowest BCUT2D eigenvalue weighted by Crippen LogP contribution is -2.08. The number of nitrogens with zero attached hydrogens (tertiary/aromatic N) is 2. The number of rotatable bonds is 7. The van der Waals surface area contributed by atoms with E-state index in [0.717, 1.165) is 12.8 Å². The predicted octanol–water partition coefficient (Wildman–Crippen LogP) is 3.81. The zero-order valence-electron chi connectivity index (χ0n) is 14.3. The van der Waals surface area contributed by atoms with E-state index in [-0.39, 0.29) is 0 Å². The molecule has 0 amide bonds. The number of methoxy groups -OCH3 is 3. The molecule has 0 N–H and O–H groups in total. The van der Waals surface area contributed by atoms with E-state index in [4.69, 9.17) is 25.8 Å². The van der Waals surface area contributed by atoms with Gasteiger partial charge in [-0.3, -0.25) is 4.68 Å². The van der Waals surface area contributed by atoms with Gasteiger partial charge in [0, 0.05) is 12.1 Å². The van der Waals surface area contributed by atoms with E-state index in [1.807, 2.05) is 0 Å². The van der Waals surface area contributed by atoms with Gasteiger partial charge in [0.15, 0.2) is 11.5 Å². The minimum Gasteiger partial charge on any atom is -0.492 e. The molecule has 1 heterocycles. The van der Waals surface area contributed by atoms with Crippen LogP contribution in [0.3, 0.4) is 0 Å². The van der Waals surface area contributed by atoms with Gasteiger partial charge in [-0.05, 0) is 18.6 Å². The zero-order valence-corrected chi connectivity index (χ0v) is 15.0. The molecule has 2 aromatic rings. The van der Waals surface area contributed by atoms with E-state index in [1.54, 1.807) is 16.8 Å². The first-order valence-electron chi connectivity index (χ1n) is 7.63. The average Bonchev–Trinajstić information content (AvgIpc) is 3.02. The van der Waals surface area contributed by atoms with Crippen LogP contribution in [0.15, 0.2) is 18.3 Å². The highest BCUT2D eigenvalue weighted by atomic mass is 35.5. The number of carbonyl (C=O) groups excluding carboxylic acids is 1. The molecule has 130 valence electrons. The summed E-state index contributed by atoms with van der Waals surface area (Å²) in [5, 5.41) is 4.77. The predicted molar refractivity (Wildman–Crippen MR) is 92.0 cm³/mol. The molecule has 1 aromatic heterocycles. The molecule has 1 aromatic carbocycles. The number of aromatic nitrogens is 2. The Morgan fingerprint density at radius 3 is 2.50 bits per heavy atom. The number of unbranched alkanes of at least 4 members (excludes halogenated alkanes) is 1. The third kappa shape index (κ3) is 3.33. The summed E-state index contributed by atoms with van der Waals surface area (Å²) < 4.78 is 17.5. The second kappa shape index (κ2) is 8.06. The molecular formula is C17H21ClN2O4. The average molecular weight is 353 g/mol. The van der Waals surface area contributed by atoms with E-state index in [2.05, 4.69) is 12.0 Å². The lowest BCUT2D eigenvalue weighted by atomic mass is 10.1. The standard InChI is InChI=1S/C17H21ClN2O4/c1-5-6-9-20-14(12(10-19-20)17(21)24-4)11-7-8-13(18)16(23-3)15(11)22-2/h7-8,10H,5-6,9H2,1-4H3. The van der Waals surface area contributed by atoms with E-state index >= 15 is 0 Å². The molecule has 0 aliphatic carbocycles. The molecule has 0 saturated heterocycles. The van der Waals surface area contributed by atoms with E-state index in [0.29, 0.717) is 39.9 Å². The van der Waals surface area contributed by atoms with Crippen LogP contribution in [0.2, 0.25) is 5.02 Å². The Hall–Kier alpha value is -2.21. The van der Waals surface area contributed by atoms with Gasteiger partial charge in [0.05, 0.1) is 38.2 Å². The molecule has 0 unspecified atom stereocenters. The molecule has 0 saturated carbocycles. The highest BCUT2D eigenvalue weighted by molar-refractivity contribution is 6.32. The number of benzene rings is 1. The first kappa shape index (κ1) is 18.1. The van der Waals surface area contributed by atoms with Crippen molar-refractivity contribution in [2.24, 2.45) is 0 Å². The monoisotopic (exact) mass is 352 g/mol. The summed E-state index contributed by atoms with van der Waals surface area (Å²) in [6.45, 7) is 2.77. The Kier molecular flexibility index (Phi) is 6.09. The highest BCUT2D eigenvalue weighted by Gasteiger charge is 2.25. The molecule has 6 nitrogen and oxygen atoms in total. The van der Waals surface area contributed by atoms with Gasteiger partial charge in [0.25, 0.3) is 0 Å². The summed E-state index contributed by atoms with van der Waals surface area (Å²) in [4.78, 5) is 12.1. The smallest absolute Gasteiger partial charge is 0.341 e. The normalized spacial score (nSPS) is 10.5. The largest absolute Gasteiger partial charge is 0.492 e. The first-order valence-corrected chi connectivity index (χ1v) is 8.01. The van der Waals surface area contributed by atoms with Crippen molar-refractivity contribution in [3.05, 3.63) is 28.9 Å². The van der Waals surface area contributed by atoms with Gasteiger partial charge >= 0.3 is 5.97 Å². The zero-order chi connectivity index (χ0) is 17.7. The van der Waals surface area contributed by atoms with Gasteiger partial charge in [0.1, 0.15) is 5.56 Å². The van der Waals surface area contributed by atoms with Crippen LogP contribution < -0.4 is 9.47 Å². The van der Waals surface area contributed by atoms with Crippen LogP contribution in [0.25, 0.3) is 11.3 Å². The Balaban J connectivity index is 2.70. The van der Waals surface area contributed by atoms with E-state index in [9.17, 15) is 4.79 Å². The van der Waals surface area contributed by atoms with Gasteiger partial charge < -0.3 is 14.2 Å². The summed E-state index contributed by atoms with van der Waals surface area (Å²) in [6, 6.07) is 3.49. The second-order valence-electron chi connectivity index (χ2n) is 5.14. The third-order valence-corrected chi connectivity index (χ3v) is 3.99. The molecular weight excluding hydrogens is 332 g/mol. The quantitative estimate of drug-likeness (QED) is 0.709.